The summed E-state index contributed by atoms with van der Waals surface area (Å²) < 4.78 is 0. The van der Waals surface area contributed by atoms with Gasteiger partial charge in [0, 0.05) is 11.8 Å². The Morgan fingerprint density at radius 2 is 1.29 bits per heavy atom. The number of hydrazone groups is 1. The number of nitrogens with zero attached hydrogens (tertiary/aromatic N) is 2. The van der Waals surface area contributed by atoms with E-state index in [-0.39, 0.29) is 0 Å². The molecule has 0 fully saturated rings. The van der Waals surface area contributed by atoms with Crippen LogP contribution in [0.5, 0.6) is 0 Å². The minimum Gasteiger partial charge on any atom is -0.240 e. The molecule has 0 atom stereocenters. The summed E-state index contributed by atoms with van der Waals surface area (Å²) in [5.41, 5.74) is 3.50. The molecule has 0 saturated carbocycles. The van der Waals surface area contributed by atoms with Gasteiger partial charge in [-0.2, -0.15) is 10.1 Å². The van der Waals surface area contributed by atoms with Crippen molar-refractivity contribution in [3.63, 3.8) is 0 Å². The van der Waals surface area contributed by atoms with E-state index in [1.807, 2.05) is 6.21 Å². The molecule has 1 N–H and O–H groups in total. The first kappa shape index (κ1) is 21.5. The number of rotatable bonds is 16. The molecule has 0 aromatic heterocycles. The predicted octanol–water partition coefficient (Wildman–Crippen LogP) is 6.44. The van der Waals surface area contributed by atoms with Crippen LogP contribution in [0, 0.1) is 0 Å². The Balaban J connectivity index is 1.98. The van der Waals surface area contributed by atoms with Gasteiger partial charge >= 0.3 is 0 Å². The summed E-state index contributed by atoms with van der Waals surface area (Å²) in [4.78, 5) is 0. The number of hydrazine groups is 1. The van der Waals surface area contributed by atoms with Crippen molar-refractivity contribution in [3.8, 4) is 0 Å². The summed E-state index contributed by atoms with van der Waals surface area (Å²) in [6, 6.07) is 0. The van der Waals surface area contributed by atoms with E-state index in [0.29, 0.717) is 5.54 Å². The van der Waals surface area contributed by atoms with Crippen LogP contribution >= 0.6 is 0 Å². The molecule has 3 nitrogen and oxygen atoms in total. The number of unbranched alkanes of at least 4 members (excludes halogenated alkanes) is 11. The summed E-state index contributed by atoms with van der Waals surface area (Å²) in [6.45, 7) is 7.90. The van der Waals surface area contributed by atoms with Gasteiger partial charge in [-0.25, -0.2) is 5.53 Å². The van der Waals surface area contributed by atoms with E-state index < -0.39 is 0 Å². The standard InChI is InChI=1S/C21H43N3/c1-4-7-8-9-10-11-12-13-14-15-16-17-18-21(5-2,6-3)24-20-19-22-23-24/h19,23H,4-18,20H2,1-3H3. The zero-order valence-electron chi connectivity index (χ0n) is 16.8. The van der Waals surface area contributed by atoms with Crippen LogP contribution in [0.2, 0.25) is 0 Å². The molecule has 0 unspecified atom stereocenters. The first-order chi connectivity index (χ1) is 11.8. The molecule has 142 valence electrons. The van der Waals surface area contributed by atoms with E-state index in [2.05, 4.69) is 36.4 Å². The maximum absolute atomic E-state index is 4.19. The molecule has 0 bridgehead atoms. The highest BCUT2D eigenvalue weighted by Gasteiger charge is 2.33. The molecule has 0 saturated heterocycles. The van der Waals surface area contributed by atoms with Crippen LogP contribution < -0.4 is 5.53 Å². The van der Waals surface area contributed by atoms with Gasteiger partial charge in [0.15, 0.2) is 0 Å². The van der Waals surface area contributed by atoms with E-state index in [4.69, 9.17) is 0 Å². The Labute approximate surface area is 151 Å². The maximum Gasteiger partial charge on any atom is 0.0573 e. The van der Waals surface area contributed by atoms with Gasteiger partial charge in [0.25, 0.3) is 0 Å². The Kier molecular flexibility index (Phi) is 12.2. The van der Waals surface area contributed by atoms with Gasteiger partial charge in [-0.1, -0.05) is 97.8 Å². The molecule has 0 aliphatic carbocycles. The Morgan fingerprint density at radius 1 is 0.792 bits per heavy atom. The van der Waals surface area contributed by atoms with Crippen molar-refractivity contribution in [2.45, 2.75) is 123 Å². The first-order valence-electron chi connectivity index (χ1n) is 10.8. The lowest BCUT2D eigenvalue weighted by molar-refractivity contribution is 0.0444. The molecule has 0 spiro atoms. The first-order valence-corrected chi connectivity index (χ1v) is 10.8. The highest BCUT2D eigenvalue weighted by molar-refractivity contribution is 5.60. The van der Waals surface area contributed by atoms with Crippen molar-refractivity contribution in [1.29, 1.82) is 0 Å². The smallest absolute Gasteiger partial charge is 0.0573 e. The zero-order valence-corrected chi connectivity index (χ0v) is 16.8. The van der Waals surface area contributed by atoms with Gasteiger partial charge in [0.1, 0.15) is 0 Å². The fraction of sp³-hybridized carbons (Fsp3) is 0.952. The van der Waals surface area contributed by atoms with Crippen LogP contribution in [-0.2, 0) is 0 Å². The zero-order chi connectivity index (χ0) is 17.5. The average molecular weight is 338 g/mol. The lowest BCUT2D eigenvalue weighted by atomic mass is 9.86. The topological polar surface area (TPSA) is 27.6 Å². The molecule has 3 heteroatoms. The molecule has 1 aliphatic rings. The Morgan fingerprint density at radius 3 is 1.71 bits per heavy atom. The van der Waals surface area contributed by atoms with E-state index >= 15 is 0 Å². The molecule has 0 aromatic carbocycles. The van der Waals surface area contributed by atoms with Gasteiger partial charge in [-0.05, 0) is 19.3 Å². The molecule has 1 rings (SSSR count). The van der Waals surface area contributed by atoms with Crippen molar-refractivity contribution in [3.05, 3.63) is 0 Å². The summed E-state index contributed by atoms with van der Waals surface area (Å²) >= 11 is 0. The van der Waals surface area contributed by atoms with Gasteiger partial charge in [0.05, 0.1) is 6.54 Å². The van der Waals surface area contributed by atoms with Crippen LogP contribution in [0.3, 0.4) is 0 Å². The second-order valence-electron chi connectivity index (χ2n) is 7.59. The highest BCUT2D eigenvalue weighted by Crippen LogP contribution is 2.29. The SMILES string of the molecule is CCCCCCCCCCCCCCC(CC)(CC)N1CC=NN1. The van der Waals surface area contributed by atoms with Crippen LogP contribution in [0.15, 0.2) is 5.10 Å². The van der Waals surface area contributed by atoms with Crippen molar-refractivity contribution < 1.29 is 0 Å². The minimum absolute atomic E-state index is 0.301. The summed E-state index contributed by atoms with van der Waals surface area (Å²) in [5, 5.41) is 6.54. The van der Waals surface area contributed by atoms with Crippen molar-refractivity contribution >= 4 is 6.21 Å². The number of hydrogen-bond donors (Lipinski definition) is 1. The molecule has 0 amide bonds. The fourth-order valence-corrected chi connectivity index (χ4v) is 3.99. The second kappa shape index (κ2) is 13.7. The van der Waals surface area contributed by atoms with Gasteiger partial charge in [-0.3, -0.25) is 0 Å². The Bertz CT molecular complexity index is 302. The van der Waals surface area contributed by atoms with Crippen molar-refractivity contribution in [2.75, 3.05) is 6.54 Å². The van der Waals surface area contributed by atoms with Gasteiger partial charge < -0.3 is 0 Å². The summed E-state index contributed by atoms with van der Waals surface area (Å²) in [7, 11) is 0. The third-order valence-electron chi connectivity index (χ3n) is 5.92. The largest absolute Gasteiger partial charge is 0.240 e. The quantitative estimate of drug-likeness (QED) is 0.328. The van der Waals surface area contributed by atoms with Crippen LogP contribution in [0.1, 0.15) is 117 Å². The third-order valence-corrected chi connectivity index (χ3v) is 5.92. The van der Waals surface area contributed by atoms with Gasteiger partial charge in [0.2, 0.25) is 0 Å². The van der Waals surface area contributed by atoms with Gasteiger partial charge in [-0.15, -0.1) is 0 Å². The minimum atomic E-state index is 0.301. The van der Waals surface area contributed by atoms with E-state index in [9.17, 15) is 0 Å². The molecule has 1 heterocycles. The third kappa shape index (κ3) is 8.00. The predicted molar refractivity (Wildman–Crippen MR) is 107 cm³/mol. The lowest BCUT2D eigenvalue weighted by Gasteiger charge is -2.40. The molecule has 24 heavy (non-hydrogen) atoms. The van der Waals surface area contributed by atoms with Crippen LogP contribution in [0.4, 0.5) is 0 Å². The van der Waals surface area contributed by atoms with Crippen LogP contribution in [-0.4, -0.2) is 23.3 Å². The second-order valence-corrected chi connectivity index (χ2v) is 7.59. The van der Waals surface area contributed by atoms with E-state index in [1.54, 1.807) is 0 Å². The normalized spacial score (nSPS) is 15.1. The lowest BCUT2D eigenvalue weighted by Crippen LogP contribution is -2.51. The molecule has 0 radical (unpaired) electrons. The number of hydrogen-bond acceptors (Lipinski definition) is 3. The fourth-order valence-electron chi connectivity index (χ4n) is 3.99. The molecule has 0 aromatic rings. The molecular formula is C21H43N3. The monoisotopic (exact) mass is 337 g/mol. The van der Waals surface area contributed by atoms with Crippen LogP contribution in [0.25, 0.3) is 0 Å². The highest BCUT2D eigenvalue weighted by atomic mass is 15.7. The van der Waals surface area contributed by atoms with E-state index in [1.165, 1.54) is 96.3 Å². The summed E-state index contributed by atoms with van der Waals surface area (Å²) in [5.74, 6) is 0. The average Bonchev–Trinajstić information content (AvgIpc) is 3.15. The number of nitrogens with one attached hydrogen (secondary N) is 1. The van der Waals surface area contributed by atoms with Crippen molar-refractivity contribution in [2.24, 2.45) is 5.10 Å². The Hall–Kier alpha value is -0.570. The summed E-state index contributed by atoms with van der Waals surface area (Å²) in [6.07, 6.45) is 22.8. The molecule has 1 aliphatic heterocycles. The molecular weight excluding hydrogens is 294 g/mol. The maximum atomic E-state index is 4.19. The van der Waals surface area contributed by atoms with E-state index in [0.717, 1.165) is 6.54 Å². The van der Waals surface area contributed by atoms with Crippen molar-refractivity contribution in [1.82, 2.24) is 10.5 Å².